The van der Waals surface area contributed by atoms with Gasteiger partial charge in [0.05, 0.1) is 27.4 Å². The molecule has 0 spiro atoms. The lowest BCUT2D eigenvalue weighted by atomic mass is 10.1. The van der Waals surface area contributed by atoms with Gasteiger partial charge >= 0.3 is 0 Å². The normalized spacial score (nSPS) is 11.4. The molecule has 16 heavy (non-hydrogen) atoms. The Kier molecular flexibility index (Phi) is 4.44. The number of nitriles is 1. The second-order valence-corrected chi connectivity index (χ2v) is 3.86. The maximum atomic E-state index is 8.87. The summed E-state index contributed by atoms with van der Waals surface area (Å²) in [5.41, 5.74) is 0.711. The van der Waals surface area contributed by atoms with Crippen molar-refractivity contribution in [1.82, 2.24) is 0 Å². The lowest BCUT2D eigenvalue weighted by Crippen LogP contribution is -1.97. The minimum atomic E-state index is -0.442. The van der Waals surface area contributed by atoms with E-state index in [2.05, 4.69) is 22.0 Å². The molecule has 1 aromatic rings. The summed E-state index contributed by atoms with van der Waals surface area (Å²) in [5.74, 6) is 1.72. The molecule has 0 saturated heterocycles. The highest BCUT2D eigenvalue weighted by Crippen LogP contribution is 2.39. The highest BCUT2D eigenvalue weighted by Gasteiger charge is 2.17. The Morgan fingerprint density at radius 1 is 1.06 bits per heavy atom. The van der Waals surface area contributed by atoms with Gasteiger partial charge < -0.3 is 14.2 Å². The standard InChI is InChI=1S/C11H12BrNO3/c1-14-9-5-11(16-3)10(15-2)4-7(9)8(12)6-13/h4-5,8H,1-3H3. The molecule has 0 aliphatic heterocycles. The highest BCUT2D eigenvalue weighted by atomic mass is 79.9. The summed E-state index contributed by atoms with van der Waals surface area (Å²) < 4.78 is 15.5. The van der Waals surface area contributed by atoms with Crippen molar-refractivity contribution in [1.29, 1.82) is 5.26 Å². The number of alkyl halides is 1. The van der Waals surface area contributed by atoms with E-state index >= 15 is 0 Å². The fourth-order valence-corrected chi connectivity index (χ4v) is 1.68. The van der Waals surface area contributed by atoms with Crippen LogP contribution in [0.4, 0.5) is 0 Å². The Balaban J connectivity index is 3.32. The molecule has 0 aromatic heterocycles. The molecule has 0 radical (unpaired) electrons. The van der Waals surface area contributed by atoms with E-state index in [0.717, 1.165) is 0 Å². The number of methoxy groups -OCH3 is 3. The van der Waals surface area contributed by atoms with Crippen LogP contribution in [0.25, 0.3) is 0 Å². The lowest BCUT2D eigenvalue weighted by molar-refractivity contribution is 0.348. The van der Waals surface area contributed by atoms with Gasteiger partial charge in [-0.15, -0.1) is 0 Å². The molecule has 5 heteroatoms. The first-order chi connectivity index (χ1) is 7.67. The first-order valence-corrected chi connectivity index (χ1v) is 5.43. The van der Waals surface area contributed by atoms with Gasteiger partial charge in [-0.1, -0.05) is 15.9 Å². The molecule has 86 valence electrons. The van der Waals surface area contributed by atoms with Gasteiger partial charge in [-0.05, 0) is 6.07 Å². The van der Waals surface area contributed by atoms with E-state index in [0.29, 0.717) is 22.8 Å². The molecule has 1 unspecified atom stereocenters. The quantitative estimate of drug-likeness (QED) is 0.798. The van der Waals surface area contributed by atoms with Crippen LogP contribution in [0.1, 0.15) is 10.4 Å². The monoisotopic (exact) mass is 285 g/mol. The van der Waals surface area contributed by atoms with Crippen molar-refractivity contribution in [3.8, 4) is 23.3 Å². The van der Waals surface area contributed by atoms with E-state index in [4.69, 9.17) is 19.5 Å². The SMILES string of the molecule is COc1cc(OC)c(C(Br)C#N)cc1OC. The average Bonchev–Trinajstić information content (AvgIpc) is 2.35. The van der Waals surface area contributed by atoms with Crippen LogP contribution in [0.2, 0.25) is 0 Å². The molecule has 0 saturated carbocycles. The number of ether oxygens (including phenoxy) is 3. The summed E-state index contributed by atoms with van der Waals surface area (Å²) in [6.07, 6.45) is 0. The zero-order chi connectivity index (χ0) is 12.1. The number of rotatable bonds is 4. The predicted octanol–water partition coefficient (Wildman–Crippen LogP) is 2.67. The number of benzene rings is 1. The van der Waals surface area contributed by atoms with Crippen LogP contribution in [0.15, 0.2) is 12.1 Å². The van der Waals surface area contributed by atoms with Crippen molar-refractivity contribution in [2.24, 2.45) is 0 Å². The summed E-state index contributed by atoms with van der Waals surface area (Å²) in [5, 5.41) is 8.87. The fraction of sp³-hybridized carbons (Fsp3) is 0.364. The van der Waals surface area contributed by atoms with Gasteiger partial charge in [0.1, 0.15) is 10.6 Å². The van der Waals surface area contributed by atoms with Gasteiger partial charge in [0.2, 0.25) is 0 Å². The number of hydrogen-bond acceptors (Lipinski definition) is 4. The molecule has 0 amide bonds. The maximum Gasteiger partial charge on any atom is 0.164 e. The number of halogens is 1. The molecule has 0 aliphatic rings. The summed E-state index contributed by atoms with van der Waals surface area (Å²) in [6.45, 7) is 0. The first-order valence-electron chi connectivity index (χ1n) is 4.51. The van der Waals surface area contributed by atoms with Crippen molar-refractivity contribution in [2.75, 3.05) is 21.3 Å². The Labute approximate surface area is 103 Å². The smallest absolute Gasteiger partial charge is 0.164 e. The topological polar surface area (TPSA) is 51.5 Å². The van der Waals surface area contributed by atoms with E-state index in [1.54, 1.807) is 33.5 Å². The van der Waals surface area contributed by atoms with E-state index in [1.807, 2.05) is 0 Å². The summed E-state index contributed by atoms with van der Waals surface area (Å²) in [6, 6.07) is 5.50. The molecule has 1 rings (SSSR count). The minimum Gasteiger partial charge on any atom is -0.496 e. The van der Waals surface area contributed by atoms with Crippen LogP contribution < -0.4 is 14.2 Å². The number of hydrogen-bond donors (Lipinski definition) is 0. The van der Waals surface area contributed by atoms with Crippen molar-refractivity contribution in [3.63, 3.8) is 0 Å². The lowest BCUT2D eigenvalue weighted by Gasteiger charge is -2.14. The largest absolute Gasteiger partial charge is 0.496 e. The molecule has 0 fully saturated rings. The molecule has 0 aliphatic carbocycles. The van der Waals surface area contributed by atoms with Gasteiger partial charge in [0.15, 0.2) is 11.5 Å². The third-order valence-electron chi connectivity index (χ3n) is 2.12. The Morgan fingerprint density at radius 2 is 1.56 bits per heavy atom. The van der Waals surface area contributed by atoms with Crippen LogP contribution in [-0.2, 0) is 0 Å². The van der Waals surface area contributed by atoms with Gasteiger partial charge in [0.25, 0.3) is 0 Å². The zero-order valence-electron chi connectivity index (χ0n) is 9.28. The summed E-state index contributed by atoms with van der Waals surface area (Å²) in [4.78, 5) is -0.442. The van der Waals surface area contributed by atoms with Crippen molar-refractivity contribution in [3.05, 3.63) is 17.7 Å². The van der Waals surface area contributed by atoms with Crippen LogP contribution in [0, 0.1) is 11.3 Å². The van der Waals surface area contributed by atoms with Crippen LogP contribution in [0.3, 0.4) is 0 Å². The molecular weight excluding hydrogens is 274 g/mol. The zero-order valence-corrected chi connectivity index (χ0v) is 10.9. The highest BCUT2D eigenvalue weighted by molar-refractivity contribution is 9.09. The Hall–Kier alpha value is -1.41. The second-order valence-electron chi connectivity index (χ2n) is 2.94. The van der Waals surface area contributed by atoms with Crippen molar-refractivity contribution < 1.29 is 14.2 Å². The van der Waals surface area contributed by atoms with Crippen LogP contribution in [0.5, 0.6) is 17.2 Å². The Morgan fingerprint density at radius 3 is 2.00 bits per heavy atom. The van der Waals surface area contributed by atoms with Crippen molar-refractivity contribution in [2.45, 2.75) is 4.83 Å². The first kappa shape index (κ1) is 12.7. The maximum absolute atomic E-state index is 8.87. The van der Waals surface area contributed by atoms with E-state index < -0.39 is 4.83 Å². The fourth-order valence-electron chi connectivity index (χ4n) is 1.32. The molecule has 0 N–H and O–H groups in total. The number of nitrogens with zero attached hydrogens (tertiary/aromatic N) is 1. The Bertz CT molecular complexity index is 414. The molecule has 0 bridgehead atoms. The van der Waals surface area contributed by atoms with E-state index in [1.165, 1.54) is 0 Å². The van der Waals surface area contributed by atoms with Gasteiger partial charge in [-0.3, -0.25) is 0 Å². The van der Waals surface area contributed by atoms with Crippen LogP contribution in [-0.4, -0.2) is 21.3 Å². The molecular formula is C11H12BrNO3. The third kappa shape index (κ3) is 2.39. The van der Waals surface area contributed by atoms with Gasteiger partial charge in [-0.25, -0.2) is 0 Å². The minimum absolute atomic E-state index is 0.442. The predicted molar refractivity (Wildman–Crippen MR) is 63.4 cm³/mol. The van der Waals surface area contributed by atoms with Crippen LogP contribution >= 0.6 is 15.9 Å². The van der Waals surface area contributed by atoms with E-state index in [-0.39, 0.29) is 0 Å². The summed E-state index contributed by atoms with van der Waals surface area (Å²) >= 11 is 3.25. The average molecular weight is 286 g/mol. The van der Waals surface area contributed by atoms with Crippen molar-refractivity contribution >= 4 is 15.9 Å². The summed E-state index contributed by atoms with van der Waals surface area (Å²) in [7, 11) is 4.64. The molecule has 4 nitrogen and oxygen atoms in total. The van der Waals surface area contributed by atoms with Gasteiger partial charge in [0, 0.05) is 11.6 Å². The van der Waals surface area contributed by atoms with Gasteiger partial charge in [-0.2, -0.15) is 5.26 Å². The third-order valence-corrected chi connectivity index (χ3v) is 2.82. The molecule has 1 aromatic carbocycles. The van der Waals surface area contributed by atoms with E-state index in [9.17, 15) is 0 Å². The molecule has 0 heterocycles. The second kappa shape index (κ2) is 5.61. The molecule has 1 atom stereocenters.